The van der Waals surface area contributed by atoms with E-state index in [1.165, 1.54) is 12.1 Å². The molecule has 6 heteroatoms. The highest BCUT2D eigenvalue weighted by Gasteiger charge is 2.23. The smallest absolute Gasteiger partial charge is 0.272 e. The molecule has 3 rings (SSSR count). The molecule has 0 spiro atoms. The molecule has 0 bridgehead atoms. The fourth-order valence-corrected chi connectivity index (χ4v) is 2.95. The first-order valence-electron chi connectivity index (χ1n) is 8.55. The summed E-state index contributed by atoms with van der Waals surface area (Å²) < 4.78 is 13.0. The molecular formula is C19H23FN4O. The lowest BCUT2D eigenvalue weighted by Gasteiger charge is -2.36. The summed E-state index contributed by atoms with van der Waals surface area (Å²) >= 11 is 0. The molecule has 0 radical (unpaired) electrons. The van der Waals surface area contributed by atoms with Crippen LogP contribution in [0, 0.1) is 5.82 Å². The molecule has 0 saturated carbocycles. The van der Waals surface area contributed by atoms with Gasteiger partial charge in [0, 0.05) is 49.8 Å². The number of rotatable bonds is 4. The van der Waals surface area contributed by atoms with E-state index in [0.717, 1.165) is 24.5 Å². The third-order valence-electron chi connectivity index (χ3n) is 4.19. The van der Waals surface area contributed by atoms with Gasteiger partial charge in [0.2, 0.25) is 0 Å². The number of anilines is 2. The molecule has 1 aromatic carbocycles. The topological polar surface area (TPSA) is 48.5 Å². The number of benzene rings is 1. The maximum Gasteiger partial charge on any atom is 0.272 e. The van der Waals surface area contributed by atoms with Crippen LogP contribution in [-0.4, -0.2) is 48.0 Å². The predicted octanol–water partition coefficient (Wildman–Crippen LogP) is 3.00. The molecular weight excluding hydrogens is 319 g/mol. The van der Waals surface area contributed by atoms with Gasteiger partial charge in [-0.3, -0.25) is 9.78 Å². The van der Waals surface area contributed by atoms with Crippen molar-refractivity contribution in [2.45, 2.75) is 19.9 Å². The Bertz CT molecular complexity index is 724. The van der Waals surface area contributed by atoms with E-state index in [9.17, 15) is 9.18 Å². The van der Waals surface area contributed by atoms with E-state index in [-0.39, 0.29) is 11.7 Å². The van der Waals surface area contributed by atoms with Crippen LogP contribution in [0.3, 0.4) is 0 Å². The summed E-state index contributed by atoms with van der Waals surface area (Å²) in [5, 5.41) is 3.29. The van der Waals surface area contributed by atoms with Crippen LogP contribution in [0.5, 0.6) is 0 Å². The quantitative estimate of drug-likeness (QED) is 0.928. The lowest BCUT2D eigenvalue weighted by Crippen LogP contribution is -2.49. The van der Waals surface area contributed by atoms with Crippen LogP contribution in [0.1, 0.15) is 24.3 Å². The zero-order valence-electron chi connectivity index (χ0n) is 14.6. The van der Waals surface area contributed by atoms with Gasteiger partial charge in [-0.1, -0.05) is 0 Å². The van der Waals surface area contributed by atoms with Crippen LogP contribution >= 0.6 is 0 Å². The number of hydrogen-bond donors (Lipinski definition) is 1. The summed E-state index contributed by atoms with van der Waals surface area (Å²) in [7, 11) is 0. The highest BCUT2D eigenvalue weighted by Crippen LogP contribution is 2.18. The van der Waals surface area contributed by atoms with Gasteiger partial charge in [0.15, 0.2) is 0 Å². The highest BCUT2D eigenvalue weighted by molar-refractivity contribution is 5.93. The van der Waals surface area contributed by atoms with Crippen molar-refractivity contribution in [1.82, 2.24) is 9.88 Å². The normalized spacial score (nSPS) is 14.7. The summed E-state index contributed by atoms with van der Waals surface area (Å²) in [6.07, 6.45) is 1.66. The van der Waals surface area contributed by atoms with Crippen LogP contribution in [0.2, 0.25) is 0 Å². The van der Waals surface area contributed by atoms with Gasteiger partial charge >= 0.3 is 0 Å². The average molecular weight is 342 g/mol. The number of nitrogens with zero attached hydrogens (tertiary/aromatic N) is 3. The van der Waals surface area contributed by atoms with Crippen molar-refractivity contribution >= 4 is 17.3 Å². The molecule has 0 aliphatic carbocycles. The van der Waals surface area contributed by atoms with E-state index in [0.29, 0.717) is 24.8 Å². The summed E-state index contributed by atoms with van der Waals surface area (Å²) in [6, 6.07) is 10.4. The van der Waals surface area contributed by atoms with Crippen molar-refractivity contribution in [2.24, 2.45) is 0 Å². The van der Waals surface area contributed by atoms with Crippen molar-refractivity contribution < 1.29 is 9.18 Å². The van der Waals surface area contributed by atoms with Gasteiger partial charge in [-0.15, -0.1) is 0 Å². The van der Waals surface area contributed by atoms with Gasteiger partial charge in [0.05, 0.1) is 0 Å². The Labute approximate surface area is 147 Å². The molecule has 1 saturated heterocycles. The van der Waals surface area contributed by atoms with Gasteiger partial charge < -0.3 is 15.1 Å². The number of hydrogen-bond acceptors (Lipinski definition) is 4. The minimum atomic E-state index is -0.237. The first-order chi connectivity index (χ1) is 12.0. The Balaban J connectivity index is 1.62. The molecule has 1 N–H and O–H groups in total. The van der Waals surface area contributed by atoms with Gasteiger partial charge in [-0.2, -0.15) is 0 Å². The minimum Gasteiger partial charge on any atom is -0.383 e. The molecule has 5 nitrogen and oxygen atoms in total. The monoisotopic (exact) mass is 342 g/mol. The van der Waals surface area contributed by atoms with E-state index >= 15 is 0 Å². The van der Waals surface area contributed by atoms with Crippen LogP contribution in [0.4, 0.5) is 15.8 Å². The molecule has 1 fully saturated rings. The molecule has 1 aliphatic rings. The summed E-state index contributed by atoms with van der Waals surface area (Å²) in [6.45, 7) is 6.80. The largest absolute Gasteiger partial charge is 0.383 e. The van der Waals surface area contributed by atoms with Crippen LogP contribution < -0.4 is 10.2 Å². The Morgan fingerprint density at radius 1 is 1.12 bits per heavy atom. The number of pyridine rings is 1. The van der Waals surface area contributed by atoms with Crippen molar-refractivity contribution in [3.63, 3.8) is 0 Å². The second kappa shape index (κ2) is 7.51. The second-order valence-corrected chi connectivity index (χ2v) is 6.48. The van der Waals surface area contributed by atoms with Crippen molar-refractivity contribution in [3.05, 3.63) is 54.1 Å². The number of amides is 1. The predicted molar refractivity (Wildman–Crippen MR) is 97.5 cm³/mol. The zero-order valence-corrected chi connectivity index (χ0v) is 14.6. The zero-order chi connectivity index (χ0) is 17.8. The summed E-state index contributed by atoms with van der Waals surface area (Å²) in [4.78, 5) is 20.9. The van der Waals surface area contributed by atoms with Crippen LogP contribution in [0.25, 0.3) is 0 Å². The molecule has 132 valence electrons. The maximum atomic E-state index is 13.0. The van der Waals surface area contributed by atoms with Gasteiger partial charge in [0.1, 0.15) is 11.5 Å². The maximum absolute atomic E-state index is 13.0. The van der Waals surface area contributed by atoms with E-state index < -0.39 is 0 Å². The first-order valence-corrected chi connectivity index (χ1v) is 8.55. The Morgan fingerprint density at radius 3 is 2.44 bits per heavy atom. The Morgan fingerprint density at radius 2 is 1.80 bits per heavy atom. The van der Waals surface area contributed by atoms with E-state index in [4.69, 9.17) is 0 Å². The molecule has 2 aromatic rings. The Kier molecular flexibility index (Phi) is 5.16. The molecule has 0 atom stereocenters. The minimum absolute atomic E-state index is 0.0498. The third-order valence-corrected chi connectivity index (χ3v) is 4.19. The number of piperazine rings is 1. The molecule has 1 aliphatic heterocycles. The lowest BCUT2D eigenvalue weighted by atomic mass is 10.2. The van der Waals surface area contributed by atoms with Crippen molar-refractivity contribution in [1.29, 1.82) is 0 Å². The molecule has 2 heterocycles. The first kappa shape index (κ1) is 17.2. The lowest BCUT2D eigenvalue weighted by molar-refractivity contribution is 0.0741. The fraction of sp³-hybridized carbons (Fsp3) is 0.368. The second-order valence-electron chi connectivity index (χ2n) is 6.48. The van der Waals surface area contributed by atoms with Crippen molar-refractivity contribution in [2.75, 3.05) is 36.4 Å². The van der Waals surface area contributed by atoms with Crippen LogP contribution in [0.15, 0.2) is 42.6 Å². The number of nitrogens with one attached hydrogen (secondary N) is 1. The highest BCUT2D eigenvalue weighted by atomic mass is 19.1. The summed E-state index contributed by atoms with van der Waals surface area (Å²) in [5.74, 6) is -0.287. The molecule has 25 heavy (non-hydrogen) atoms. The standard InChI is InChI=1S/C19H23FN4O/c1-14(2)22-16-7-8-21-18(13-16)19(25)24-11-9-23(10-12-24)17-5-3-15(20)4-6-17/h3-8,13-14H,9-12H2,1-2H3,(H,21,22). The fourth-order valence-electron chi connectivity index (χ4n) is 2.95. The van der Waals surface area contributed by atoms with Gasteiger partial charge in [0.25, 0.3) is 5.91 Å². The summed E-state index contributed by atoms with van der Waals surface area (Å²) in [5.41, 5.74) is 2.34. The molecule has 0 unspecified atom stereocenters. The number of carbonyl (C=O) groups is 1. The van der Waals surface area contributed by atoms with E-state index in [2.05, 4.69) is 29.0 Å². The van der Waals surface area contributed by atoms with E-state index in [1.54, 1.807) is 24.4 Å². The SMILES string of the molecule is CC(C)Nc1ccnc(C(=O)N2CCN(c3ccc(F)cc3)CC2)c1. The van der Waals surface area contributed by atoms with Crippen LogP contribution in [-0.2, 0) is 0 Å². The van der Waals surface area contributed by atoms with Crippen molar-refractivity contribution in [3.8, 4) is 0 Å². The molecule has 1 aromatic heterocycles. The van der Waals surface area contributed by atoms with Gasteiger partial charge in [-0.25, -0.2) is 4.39 Å². The number of aromatic nitrogens is 1. The Hall–Kier alpha value is -2.63. The van der Waals surface area contributed by atoms with E-state index in [1.807, 2.05) is 11.0 Å². The molecule has 1 amide bonds. The van der Waals surface area contributed by atoms with Gasteiger partial charge in [-0.05, 0) is 50.2 Å². The average Bonchev–Trinajstić information content (AvgIpc) is 2.62. The third kappa shape index (κ3) is 4.26. The number of halogens is 1. The number of carbonyl (C=O) groups excluding carboxylic acids is 1.